The molecule has 9 heteroatoms. The van der Waals surface area contributed by atoms with Gasteiger partial charge in [-0.05, 0) is 17.7 Å². The summed E-state index contributed by atoms with van der Waals surface area (Å²) in [5.41, 5.74) is 1.00. The quantitative estimate of drug-likeness (QED) is 0.662. The molecule has 1 saturated carbocycles. The van der Waals surface area contributed by atoms with Crippen LogP contribution < -0.4 is 10.6 Å². The van der Waals surface area contributed by atoms with Gasteiger partial charge in [-0.1, -0.05) is 23.7 Å². The van der Waals surface area contributed by atoms with Gasteiger partial charge in [0, 0.05) is 36.0 Å². The second-order valence-corrected chi connectivity index (χ2v) is 7.49. The van der Waals surface area contributed by atoms with Crippen LogP contribution in [0.15, 0.2) is 30.3 Å². The summed E-state index contributed by atoms with van der Waals surface area (Å²) in [5.74, 6) is -0.0459. The first kappa shape index (κ1) is 18.9. The highest BCUT2D eigenvalue weighted by Gasteiger charge is 2.55. The molecule has 2 fully saturated rings. The average Bonchev–Trinajstić information content (AvgIpc) is 3.08. The van der Waals surface area contributed by atoms with Crippen LogP contribution in [0.3, 0.4) is 0 Å². The van der Waals surface area contributed by atoms with E-state index in [1.165, 1.54) is 17.8 Å². The molecule has 2 aromatic rings. The lowest BCUT2D eigenvalue weighted by Crippen LogP contribution is -2.33. The van der Waals surface area contributed by atoms with Crippen LogP contribution in [0.4, 0.5) is 0 Å². The Kier molecular flexibility index (Phi) is 5.09. The zero-order valence-electron chi connectivity index (χ0n) is 15.3. The largest absolute Gasteiger partial charge is 0.394 e. The predicted octanol–water partition coefficient (Wildman–Crippen LogP) is 0.852. The molecular formula is C19H21ClN4O4. The van der Waals surface area contributed by atoms with Crippen molar-refractivity contribution in [2.75, 3.05) is 26.9 Å². The highest BCUT2D eigenvalue weighted by atomic mass is 35.5. The van der Waals surface area contributed by atoms with Gasteiger partial charge in [0.2, 0.25) is 0 Å². The molecule has 2 amide bonds. The second kappa shape index (κ2) is 7.54. The Hall–Kier alpha value is -2.42. The number of hydrogen-bond donors (Lipinski definition) is 3. The third-order valence-corrected chi connectivity index (χ3v) is 5.61. The van der Waals surface area contributed by atoms with Gasteiger partial charge < -0.3 is 20.5 Å². The Morgan fingerprint density at radius 3 is 2.71 bits per heavy atom. The van der Waals surface area contributed by atoms with Gasteiger partial charge in [-0.15, -0.1) is 0 Å². The van der Waals surface area contributed by atoms with Crippen molar-refractivity contribution in [1.29, 1.82) is 0 Å². The summed E-state index contributed by atoms with van der Waals surface area (Å²) < 4.78 is 6.74. The number of nitrogens with one attached hydrogen (secondary N) is 2. The molecule has 8 nitrogen and oxygen atoms in total. The molecule has 4 atom stereocenters. The number of benzene rings is 1. The lowest BCUT2D eigenvalue weighted by molar-refractivity contribution is 0.0912. The smallest absolute Gasteiger partial charge is 0.271 e. The van der Waals surface area contributed by atoms with Crippen LogP contribution in [0, 0.1) is 11.8 Å². The number of fused-ring (bicyclic) bond motifs is 1. The average molecular weight is 405 g/mol. The molecule has 2 aliphatic rings. The van der Waals surface area contributed by atoms with E-state index in [0.29, 0.717) is 35.6 Å². The van der Waals surface area contributed by atoms with Crippen molar-refractivity contribution < 1.29 is 19.4 Å². The van der Waals surface area contributed by atoms with Crippen molar-refractivity contribution in [3.05, 3.63) is 52.3 Å². The Morgan fingerprint density at radius 2 is 2.07 bits per heavy atom. The van der Waals surface area contributed by atoms with Gasteiger partial charge in [-0.25, -0.2) is 4.68 Å². The first-order valence-corrected chi connectivity index (χ1v) is 9.47. The van der Waals surface area contributed by atoms with E-state index in [-0.39, 0.29) is 29.9 Å². The topological polar surface area (TPSA) is 105 Å². The summed E-state index contributed by atoms with van der Waals surface area (Å²) in [7, 11) is 1.49. The maximum Gasteiger partial charge on any atom is 0.271 e. The summed E-state index contributed by atoms with van der Waals surface area (Å²) in [6.07, 6.45) is 0. The predicted molar refractivity (Wildman–Crippen MR) is 101 cm³/mol. The van der Waals surface area contributed by atoms with Crippen molar-refractivity contribution in [1.82, 2.24) is 20.4 Å². The Labute approximate surface area is 166 Å². The second-order valence-electron chi connectivity index (χ2n) is 7.06. The van der Waals surface area contributed by atoms with Crippen molar-refractivity contribution >= 4 is 23.4 Å². The summed E-state index contributed by atoms with van der Waals surface area (Å²) in [6.45, 7) is 0.998. The molecule has 1 aromatic heterocycles. The number of aromatic nitrogens is 2. The minimum absolute atomic E-state index is 0.0757. The number of rotatable bonds is 6. The fourth-order valence-corrected chi connectivity index (χ4v) is 3.96. The third kappa shape index (κ3) is 3.39. The maximum atomic E-state index is 12.9. The molecule has 1 unspecified atom stereocenters. The first-order chi connectivity index (χ1) is 13.5. The van der Waals surface area contributed by atoms with Crippen LogP contribution >= 0.6 is 11.6 Å². The van der Waals surface area contributed by atoms with Gasteiger partial charge in [-0.2, -0.15) is 5.10 Å². The molecule has 0 spiro atoms. The Balaban J connectivity index is 1.67. The number of halogens is 1. The van der Waals surface area contributed by atoms with E-state index < -0.39 is 11.9 Å². The molecule has 0 bridgehead atoms. The molecule has 0 radical (unpaired) electrons. The van der Waals surface area contributed by atoms with E-state index >= 15 is 0 Å². The number of carbonyl (C=O) groups excluding carboxylic acids is 2. The van der Waals surface area contributed by atoms with Crippen LogP contribution in [0.5, 0.6) is 0 Å². The van der Waals surface area contributed by atoms with Crippen molar-refractivity contribution in [2.24, 2.45) is 11.8 Å². The van der Waals surface area contributed by atoms with Gasteiger partial charge in [0.05, 0.1) is 19.8 Å². The molecule has 4 rings (SSSR count). The van der Waals surface area contributed by atoms with Gasteiger partial charge in [-0.3, -0.25) is 9.59 Å². The minimum Gasteiger partial charge on any atom is -0.394 e. The van der Waals surface area contributed by atoms with Gasteiger partial charge in [0.25, 0.3) is 11.8 Å². The highest BCUT2D eigenvalue weighted by Crippen LogP contribution is 2.44. The van der Waals surface area contributed by atoms with Crippen LogP contribution in [0.2, 0.25) is 5.02 Å². The van der Waals surface area contributed by atoms with Crippen molar-refractivity contribution in [3.8, 4) is 0 Å². The summed E-state index contributed by atoms with van der Waals surface area (Å²) in [4.78, 5) is 25.0. The molecule has 1 saturated heterocycles. The first-order valence-electron chi connectivity index (χ1n) is 9.10. The Morgan fingerprint density at radius 1 is 1.32 bits per heavy atom. The number of carbonyl (C=O) groups is 2. The summed E-state index contributed by atoms with van der Waals surface area (Å²) in [5, 5.41) is 20.3. The maximum absolute atomic E-state index is 12.9. The van der Waals surface area contributed by atoms with E-state index in [1.807, 2.05) is 0 Å². The minimum atomic E-state index is -0.653. The van der Waals surface area contributed by atoms with Gasteiger partial charge >= 0.3 is 0 Å². The number of nitrogens with zero attached hydrogens (tertiary/aromatic N) is 2. The number of ether oxygens (including phenoxy) is 1. The molecule has 2 heterocycles. The zero-order valence-corrected chi connectivity index (χ0v) is 16.0. The Bertz CT molecular complexity index is 905. The van der Waals surface area contributed by atoms with Crippen LogP contribution in [-0.4, -0.2) is 59.6 Å². The van der Waals surface area contributed by atoms with Crippen molar-refractivity contribution in [2.45, 2.75) is 12.1 Å². The van der Waals surface area contributed by atoms with E-state index in [9.17, 15) is 14.7 Å². The van der Waals surface area contributed by atoms with E-state index in [2.05, 4.69) is 15.7 Å². The molecule has 1 aliphatic carbocycles. The number of aliphatic hydroxyl groups is 1. The molecule has 28 heavy (non-hydrogen) atoms. The monoisotopic (exact) mass is 404 g/mol. The lowest BCUT2D eigenvalue weighted by atomic mass is 10.1. The normalized spacial score (nSPS) is 23.8. The summed E-state index contributed by atoms with van der Waals surface area (Å²) in [6, 6.07) is 7.84. The fraction of sp³-hybridized carbons (Fsp3) is 0.421. The molecule has 3 N–H and O–H groups in total. The van der Waals surface area contributed by atoms with E-state index in [4.69, 9.17) is 16.3 Å². The van der Waals surface area contributed by atoms with E-state index in [1.54, 1.807) is 24.3 Å². The lowest BCUT2D eigenvalue weighted by Gasteiger charge is -2.18. The van der Waals surface area contributed by atoms with Gasteiger partial charge in [0.1, 0.15) is 11.7 Å². The molecule has 148 valence electrons. The summed E-state index contributed by atoms with van der Waals surface area (Å²) >= 11 is 6.08. The third-order valence-electron chi connectivity index (χ3n) is 5.38. The SMILES string of the molecule is CNC(=O)c1cc(C(=O)NC2[C@H]3COC[C@@H]23)n([C@@H](CO)c2cccc(Cl)c2)n1. The number of hydrogen-bond acceptors (Lipinski definition) is 5. The molecule has 1 aliphatic heterocycles. The molecular weight excluding hydrogens is 384 g/mol. The van der Waals surface area contributed by atoms with E-state index in [0.717, 1.165) is 0 Å². The number of amides is 2. The molecule has 1 aromatic carbocycles. The van der Waals surface area contributed by atoms with Crippen molar-refractivity contribution in [3.63, 3.8) is 0 Å². The highest BCUT2D eigenvalue weighted by molar-refractivity contribution is 6.30. The number of aliphatic hydroxyl groups excluding tert-OH is 1. The van der Waals surface area contributed by atoms with Gasteiger partial charge in [0.15, 0.2) is 5.69 Å². The van der Waals surface area contributed by atoms with Crippen LogP contribution in [-0.2, 0) is 4.74 Å². The standard InChI is InChI=1S/C19H21ClN4O4/c1-21-18(26)14-6-15(19(27)22-17-12-8-28-9-13(12)17)24(23-14)16(7-25)10-3-2-4-11(20)5-10/h2-6,12-13,16-17,25H,7-9H2,1H3,(H,21,26)(H,22,27)/t12-,13+,16-,17?/m0/s1. The fourth-order valence-electron chi connectivity index (χ4n) is 3.76. The van der Waals surface area contributed by atoms with Crippen LogP contribution in [0.1, 0.15) is 32.6 Å². The zero-order chi connectivity index (χ0) is 19.8. The van der Waals surface area contributed by atoms with Crippen LogP contribution in [0.25, 0.3) is 0 Å².